The molecule has 7 heteroatoms. The van der Waals surface area contributed by atoms with E-state index in [4.69, 9.17) is 0 Å². The van der Waals surface area contributed by atoms with Gasteiger partial charge in [0.05, 0.1) is 18.0 Å². The Bertz CT molecular complexity index is 1400. The van der Waals surface area contributed by atoms with Crippen LogP contribution in [-0.2, 0) is 15.0 Å². The number of para-hydroxylation sites is 1. The van der Waals surface area contributed by atoms with Gasteiger partial charge in [0.1, 0.15) is 11.2 Å². The average molecular weight is 453 g/mol. The number of amides is 1. The first-order chi connectivity index (χ1) is 16.4. The molecule has 4 heterocycles. The molecule has 3 aromatic rings. The van der Waals surface area contributed by atoms with E-state index in [0.29, 0.717) is 28.1 Å². The molecule has 3 aliphatic heterocycles. The van der Waals surface area contributed by atoms with E-state index < -0.39 is 29.2 Å². The van der Waals surface area contributed by atoms with E-state index in [2.05, 4.69) is 10.3 Å². The summed E-state index contributed by atoms with van der Waals surface area (Å²) in [6, 6.07) is 13.4. The summed E-state index contributed by atoms with van der Waals surface area (Å²) in [7, 11) is 0. The number of ketones is 2. The molecular formula is C27H20FN3O3. The molecule has 0 radical (unpaired) electrons. The lowest BCUT2D eigenvalue weighted by Crippen LogP contribution is -2.51. The van der Waals surface area contributed by atoms with Crippen LogP contribution in [0.5, 0.6) is 0 Å². The summed E-state index contributed by atoms with van der Waals surface area (Å²) >= 11 is 0. The molecule has 4 atom stereocenters. The first kappa shape index (κ1) is 20.5. The monoisotopic (exact) mass is 453 g/mol. The number of aromatic nitrogens is 1. The van der Waals surface area contributed by atoms with Crippen molar-refractivity contribution in [2.45, 2.75) is 24.4 Å². The number of anilines is 2. The standard InChI is InChI=1S/C27H20FN3O3/c1-15(32)24-23(25(33)17-5-4-12-29-14-17)27(19-6-2-3-7-20(19)30-26(27)34)22-11-8-16-13-18(28)9-10-21(16)31(22)24/h2-14,22-24H,1H3,(H,30,34)/t22-,23-,24-,27+/m1/s1. The number of carbonyl (C=O) groups is 3. The summed E-state index contributed by atoms with van der Waals surface area (Å²) in [5, 5.41) is 2.95. The number of benzene rings is 2. The maximum atomic E-state index is 14.1. The quantitative estimate of drug-likeness (QED) is 0.611. The zero-order valence-electron chi connectivity index (χ0n) is 18.2. The Balaban J connectivity index is 1.67. The molecule has 6 rings (SSSR count). The summed E-state index contributed by atoms with van der Waals surface area (Å²) in [6.45, 7) is 1.44. The Morgan fingerprint density at radius 1 is 1.12 bits per heavy atom. The molecule has 1 amide bonds. The van der Waals surface area contributed by atoms with Gasteiger partial charge in [0, 0.05) is 34.9 Å². The second kappa shape index (κ2) is 7.18. The molecule has 1 saturated heterocycles. The molecule has 0 saturated carbocycles. The van der Waals surface area contributed by atoms with Gasteiger partial charge in [0.2, 0.25) is 5.91 Å². The second-order valence-electron chi connectivity index (χ2n) is 8.92. The van der Waals surface area contributed by atoms with Crippen LogP contribution in [0.3, 0.4) is 0 Å². The van der Waals surface area contributed by atoms with Gasteiger partial charge in [-0.15, -0.1) is 0 Å². The van der Waals surface area contributed by atoms with E-state index in [1.165, 1.54) is 25.3 Å². The third-order valence-electron chi connectivity index (χ3n) is 7.24. The Morgan fingerprint density at radius 2 is 1.94 bits per heavy atom. The fourth-order valence-electron chi connectivity index (χ4n) is 5.99. The summed E-state index contributed by atoms with van der Waals surface area (Å²) in [5.74, 6) is -2.31. The topological polar surface area (TPSA) is 79.4 Å². The minimum absolute atomic E-state index is 0.244. The molecule has 168 valence electrons. The minimum Gasteiger partial charge on any atom is -0.352 e. The highest BCUT2D eigenvalue weighted by Gasteiger charge is 2.69. The third-order valence-corrected chi connectivity index (χ3v) is 7.24. The largest absolute Gasteiger partial charge is 0.352 e. The fourth-order valence-corrected chi connectivity index (χ4v) is 5.99. The molecule has 0 bridgehead atoms. The highest BCUT2D eigenvalue weighted by atomic mass is 19.1. The van der Waals surface area contributed by atoms with Crippen molar-refractivity contribution in [1.29, 1.82) is 0 Å². The van der Waals surface area contributed by atoms with E-state index in [1.54, 1.807) is 36.5 Å². The molecule has 0 aliphatic carbocycles. The van der Waals surface area contributed by atoms with Crippen LogP contribution in [0.1, 0.15) is 28.4 Å². The van der Waals surface area contributed by atoms with Crippen LogP contribution in [0, 0.1) is 11.7 Å². The summed E-state index contributed by atoms with van der Waals surface area (Å²) in [6.07, 6.45) is 6.61. The first-order valence-corrected chi connectivity index (χ1v) is 11.1. The zero-order valence-corrected chi connectivity index (χ0v) is 18.2. The lowest BCUT2D eigenvalue weighted by Gasteiger charge is -2.37. The SMILES string of the molecule is CC(=O)[C@@H]1[C@H](C(=O)c2cccnc2)[C@@]2(C(=O)Nc3ccccc32)[C@H]2C=Cc3cc(F)ccc3N12. The van der Waals surface area contributed by atoms with Crippen LogP contribution < -0.4 is 10.2 Å². The Labute approximate surface area is 195 Å². The molecule has 0 unspecified atom stereocenters. The van der Waals surface area contributed by atoms with Crippen molar-refractivity contribution in [3.05, 3.63) is 95.6 Å². The average Bonchev–Trinajstić information content (AvgIpc) is 3.32. The molecule has 3 aliphatic rings. The van der Waals surface area contributed by atoms with Gasteiger partial charge in [-0.1, -0.05) is 30.4 Å². The normalized spacial score (nSPS) is 26.1. The van der Waals surface area contributed by atoms with Gasteiger partial charge in [0.25, 0.3) is 0 Å². The van der Waals surface area contributed by atoms with Crippen LogP contribution in [0.2, 0.25) is 0 Å². The van der Waals surface area contributed by atoms with Crippen molar-refractivity contribution in [1.82, 2.24) is 4.98 Å². The first-order valence-electron chi connectivity index (χ1n) is 11.1. The maximum absolute atomic E-state index is 14.1. The number of halogens is 1. The van der Waals surface area contributed by atoms with Crippen LogP contribution in [0.25, 0.3) is 6.08 Å². The van der Waals surface area contributed by atoms with Gasteiger partial charge < -0.3 is 10.2 Å². The van der Waals surface area contributed by atoms with Crippen molar-refractivity contribution in [2.24, 2.45) is 5.92 Å². The number of hydrogen-bond acceptors (Lipinski definition) is 5. The van der Waals surface area contributed by atoms with E-state index >= 15 is 0 Å². The molecule has 6 nitrogen and oxygen atoms in total. The number of hydrogen-bond donors (Lipinski definition) is 1. The number of nitrogens with zero attached hydrogens (tertiary/aromatic N) is 2. The smallest absolute Gasteiger partial charge is 0.238 e. The Hall–Kier alpha value is -4.13. The number of fused-ring (bicyclic) bond motifs is 6. The van der Waals surface area contributed by atoms with Gasteiger partial charge in [-0.25, -0.2) is 4.39 Å². The van der Waals surface area contributed by atoms with Crippen molar-refractivity contribution in [2.75, 3.05) is 10.2 Å². The lowest BCUT2D eigenvalue weighted by molar-refractivity contribution is -0.122. The highest BCUT2D eigenvalue weighted by Crippen LogP contribution is 2.57. The number of rotatable bonds is 3. The molecule has 34 heavy (non-hydrogen) atoms. The van der Waals surface area contributed by atoms with Crippen LogP contribution in [0.15, 0.2) is 73.1 Å². The molecule has 1 aromatic heterocycles. The number of nitrogens with one attached hydrogen (secondary N) is 1. The Morgan fingerprint density at radius 3 is 2.71 bits per heavy atom. The molecule has 1 fully saturated rings. The van der Waals surface area contributed by atoms with E-state index in [-0.39, 0.29) is 17.5 Å². The zero-order chi connectivity index (χ0) is 23.6. The third kappa shape index (κ3) is 2.55. The molecular weight excluding hydrogens is 433 g/mol. The van der Waals surface area contributed by atoms with Gasteiger partial charge in [-0.2, -0.15) is 0 Å². The van der Waals surface area contributed by atoms with Gasteiger partial charge in [-0.05, 0) is 48.9 Å². The lowest BCUT2D eigenvalue weighted by atomic mass is 9.64. The Kier molecular flexibility index (Phi) is 4.33. The fraction of sp³-hybridized carbons (Fsp3) is 0.185. The van der Waals surface area contributed by atoms with E-state index in [0.717, 1.165) is 0 Å². The number of Topliss-reactive ketones (excluding diaryl/α,β-unsaturated/α-hetero) is 2. The van der Waals surface area contributed by atoms with Gasteiger partial charge >= 0.3 is 0 Å². The van der Waals surface area contributed by atoms with Crippen molar-refractivity contribution >= 4 is 34.9 Å². The van der Waals surface area contributed by atoms with Gasteiger partial charge in [0.15, 0.2) is 11.6 Å². The minimum atomic E-state index is -1.34. The molecule has 1 N–H and O–H groups in total. The van der Waals surface area contributed by atoms with E-state index in [9.17, 15) is 18.8 Å². The summed E-state index contributed by atoms with van der Waals surface area (Å²) in [4.78, 5) is 47.1. The van der Waals surface area contributed by atoms with Crippen molar-refractivity contribution in [3.63, 3.8) is 0 Å². The predicted molar refractivity (Wildman–Crippen MR) is 125 cm³/mol. The van der Waals surface area contributed by atoms with Gasteiger partial charge in [-0.3, -0.25) is 19.4 Å². The number of pyridine rings is 1. The van der Waals surface area contributed by atoms with E-state index in [1.807, 2.05) is 29.2 Å². The second-order valence-corrected chi connectivity index (χ2v) is 8.92. The van der Waals surface area contributed by atoms with Crippen molar-refractivity contribution < 1.29 is 18.8 Å². The molecule has 2 aromatic carbocycles. The summed E-state index contributed by atoms with van der Waals surface area (Å²) < 4.78 is 14.0. The highest BCUT2D eigenvalue weighted by molar-refractivity contribution is 6.16. The maximum Gasteiger partial charge on any atom is 0.238 e. The summed E-state index contributed by atoms with van der Waals surface area (Å²) in [5.41, 5.74) is 1.50. The van der Waals surface area contributed by atoms with Crippen molar-refractivity contribution in [3.8, 4) is 0 Å². The van der Waals surface area contributed by atoms with Crippen LogP contribution in [-0.4, -0.2) is 34.5 Å². The van der Waals surface area contributed by atoms with Crippen LogP contribution in [0.4, 0.5) is 15.8 Å². The molecule has 1 spiro atoms. The number of carbonyl (C=O) groups excluding carboxylic acids is 3. The predicted octanol–water partition coefficient (Wildman–Crippen LogP) is 3.78. The van der Waals surface area contributed by atoms with Crippen LogP contribution >= 0.6 is 0 Å².